The van der Waals surface area contributed by atoms with Crippen LogP contribution in [0.4, 0.5) is 0 Å². The minimum Gasteiger partial charge on any atom is -0.389 e. The van der Waals surface area contributed by atoms with Gasteiger partial charge in [0.15, 0.2) is 0 Å². The Labute approximate surface area is 108 Å². The molecule has 1 amide bonds. The third-order valence-electron chi connectivity index (χ3n) is 2.39. The molecule has 1 rings (SSSR count). The Bertz CT molecular complexity index is 370. The molecular weight excluding hydrogens is 230 g/mol. The van der Waals surface area contributed by atoms with Gasteiger partial charge in [-0.25, -0.2) is 0 Å². The van der Waals surface area contributed by atoms with Gasteiger partial charge in [-0.15, -0.1) is 0 Å². The van der Waals surface area contributed by atoms with Crippen LogP contribution in [0.25, 0.3) is 0 Å². The van der Waals surface area contributed by atoms with Crippen LogP contribution in [-0.2, 0) is 16.1 Å². The Morgan fingerprint density at radius 1 is 1.33 bits per heavy atom. The average Bonchev–Trinajstić information content (AvgIpc) is 2.28. The topological polar surface area (TPSA) is 49.8 Å². The van der Waals surface area contributed by atoms with E-state index < -0.39 is 5.60 Å². The van der Waals surface area contributed by atoms with E-state index >= 15 is 0 Å². The molecule has 0 unspecified atom stereocenters. The van der Waals surface area contributed by atoms with Gasteiger partial charge < -0.3 is 14.7 Å². The van der Waals surface area contributed by atoms with Gasteiger partial charge in [0.1, 0.15) is 6.61 Å². The van der Waals surface area contributed by atoms with Crippen molar-refractivity contribution in [3.05, 3.63) is 35.9 Å². The van der Waals surface area contributed by atoms with Crippen LogP contribution in [0, 0.1) is 0 Å². The summed E-state index contributed by atoms with van der Waals surface area (Å²) < 4.78 is 5.34. The third kappa shape index (κ3) is 5.80. The second-order valence-corrected chi connectivity index (χ2v) is 5.04. The standard InChI is InChI=1S/C14H21NO3/c1-14(2,17)11-15(3)13(16)10-18-9-12-7-5-4-6-8-12/h4-8,17H,9-11H2,1-3H3. The Hall–Kier alpha value is -1.39. The predicted molar refractivity (Wildman–Crippen MR) is 70.0 cm³/mol. The maximum atomic E-state index is 11.7. The van der Waals surface area contributed by atoms with Crippen LogP contribution in [0.1, 0.15) is 19.4 Å². The zero-order valence-corrected chi connectivity index (χ0v) is 11.2. The SMILES string of the molecule is CN(CC(C)(C)O)C(=O)COCc1ccccc1. The molecule has 1 aromatic rings. The van der Waals surface area contributed by atoms with Gasteiger partial charge >= 0.3 is 0 Å². The van der Waals surface area contributed by atoms with E-state index in [1.54, 1.807) is 20.9 Å². The first-order chi connectivity index (χ1) is 8.38. The number of ether oxygens (including phenoxy) is 1. The molecule has 4 nitrogen and oxygen atoms in total. The number of carbonyl (C=O) groups is 1. The van der Waals surface area contributed by atoms with E-state index in [-0.39, 0.29) is 12.5 Å². The normalized spacial score (nSPS) is 11.3. The van der Waals surface area contributed by atoms with E-state index in [1.165, 1.54) is 4.90 Å². The summed E-state index contributed by atoms with van der Waals surface area (Å²) in [5.74, 6) is -0.131. The Balaban J connectivity index is 2.29. The average molecular weight is 251 g/mol. The molecule has 0 radical (unpaired) electrons. The molecule has 0 aromatic heterocycles. The van der Waals surface area contributed by atoms with Crippen molar-refractivity contribution in [3.8, 4) is 0 Å². The van der Waals surface area contributed by atoms with Gasteiger partial charge in [0.2, 0.25) is 5.91 Å². The second-order valence-electron chi connectivity index (χ2n) is 5.04. The first-order valence-electron chi connectivity index (χ1n) is 5.96. The van der Waals surface area contributed by atoms with Crippen molar-refractivity contribution in [2.45, 2.75) is 26.1 Å². The van der Waals surface area contributed by atoms with E-state index in [4.69, 9.17) is 4.74 Å². The van der Waals surface area contributed by atoms with E-state index in [1.807, 2.05) is 30.3 Å². The monoisotopic (exact) mass is 251 g/mol. The molecule has 0 spiro atoms. The smallest absolute Gasteiger partial charge is 0.248 e. The molecule has 0 saturated carbocycles. The molecule has 0 heterocycles. The van der Waals surface area contributed by atoms with E-state index in [9.17, 15) is 9.90 Å². The molecule has 18 heavy (non-hydrogen) atoms. The molecule has 0 bridgehead atoms. The van der Waals surface area contributed by atoms with Crippen LogP contribution in [0.15, 0.2) is 30.3 Å². The maximum absolute atomic E-state index is 11.7. The van der Waals surface area contributed by atoms with Gasteiger partial charge in [0, 0.05) is 13.6 Å². The van der Waals surface area contributed by atoms with Crippen LogP contribution in [0.5, 0.6) is 0 Å². The summed E-state index contributed by atoms with van der Waals surface area (Å²) in [4.78, 5) is 13.2. The zero-order valence-electron chi connectivity index (χ0n) is 11.2. The van der Waals surface area contributed by atoms with Crippen LogP contribution >= 0.6 is 0 Å². The molecule has 0 aliphatic rings. The van der Waals surface area contributed by atoms with E-state index in [0.29, 0.717) is 13.2 Å². The van der Waals surface area contributed by atoms with Gasteiger partial charge in [-0.05, 0) is 19.4 Å². The van der Waals surface area contributed by atoms with E-state index in [0.717, 1.165) is 5.56 Å². The van der Waals surface area contributed by atoms with Crippen molar-refractivity contribution in [1.29, 1.82) is 0 Å². The Morgan fingerprint density at radius 2 is 1.94 bits per heavy atom. The lowest BCUT2D eigenvalue weighted by atomic mass is 10.1. The van der Waals surface area contributed by atoms with Crippen molar-refractivity contribution in [2.75, 3.05) is 20.2 Å². The van der Waals surface area contributed by atoms with Crippen molar-refractivity contribution in [2.24, 2.45) is 0 Å². The number of carbonyl (C=O) groups excluding carboxylic acids is 1. The summed E-state index contributed by atoms with van der Waals surface area (Å²) in [7, 11) is 1.66. The van der Waals surface area contributed by atoms with Gasteiger partial charge in [0.25, 0.3) is 0 Å². The third-order valence-corrected chi connectivity index (χ3v) is 2.39. The van der Waals surface area contributed by atoms with Gasteiger partial charge in [0.05, 0.1) is 12.2 Å². The Kier molecular flexibility index (Phi) is 5.31. The fourth-order valence-electron chi connectivity index (χ4n) is 1.61. The fraction of sp³-hybridized carbons (Fsp3) is 0.500. The first-order valence-corrected chi connectivity index (χ1v) is 5.96. The highest BCUT2D eigenvalue weighted by molar-refractivity contribution is 5.77. The predicted octanol–water partition coefficient (Wildman–Crippen LogP) is 1.43. The molecule has 1 aromatic carbocycles. The van der Waals surface area contributed by atoms with Gasteiger partial charge in [-0.3, -0.25) is 4.79 Å². The number of benzene rings is 1. The summed E-state index contributed by atoms with van der Waals surface area (Å²) in [6.45, 7) is 4.08. The summed E-state index contributed by atoms with van der Waals surface area (Å²) in [6.07, 6.45) is 0. The highest BCUT2D eigenvalue weighted by Crippen LogP contribution is 2.04. The minimum absolute atomic E-state index is 0.0292. The molecule has 0 saturated heterocycles. The quantitative estimate of drug-likeness (QED) is 0.832. The molecule has 100 valence electrons. The van der Waals surface area contributed by atoms with Crippen LogP contribution < -0.4 is 0 Å². The Morgan fingerprint density at radius 3 is 2.50 bits per heavy atom. The number of hydrogen-bond donors (Lipinski definition) is 1. The van der Waals surface area contributed by atoms with Gasteiger partial charge in [-0.2, -0.15) is 0 Å². The zero-order chi connectivity index (χ0) is 13.6. The largest absolute Gasteiger partial charge is 0.389 e. The molecule has 0 atom stereocenters. The van der Waals surface area contributed by atoms with Crippen molar-refractivity contribution < 1.29 is 14.6 Å². The van der Waals surface area contributed by atoms with Gasteiger partial charge in [-0.1, -0.05) is 30.3 Å². The maximum Gasteiger partial charge on any atom is 0.248 e. The van der Waals surface area contributed by atoms with Crippen molar-refractivity contribution in [1.82, 2.24) is 4.90 Å². The summed E-state index contributed by atoms with van der Waals surface area (Å²) in [6, 6.07) is 9.70. The van der Waals surface area contributed by atoms with Crippen LogP contribution in [0.2, 0.25) is 0 Å². The fourth-order valence-corrected chi connectivity index (χ4v) is 1.61. The lowest BCUT2D eigenvalue weighted by Gasteiger charge is -2.25. The number of likely N-dealkylation sites (N-methyl/N-ethyl adjacent to an activating group) is 1. The summed E-state index contributed by atoms with van der Waals surface area (Å²) in [5.41, 5.74) is 0.152. The summed E-state index contributed by atoms with van der Waals surface area (Å²) >= 11 is 0. The molecule has 0 aliphatic carbocycles. The number of nitrogens with zero attached hydrogens (tertiary/aromatic N) is 1. The number of hydrogen-bond acceptors (Lipinski definition) is 3. The second kappa shape index (κ2) is 6.52. The van der Waals surface area contributed by atoms with E-state index in [2.05, 4.69) is 0 Å². The number of amides is 1. The van der Waals surface area contributed by atoms with Crippen LogP contribution in [-0.4, -0.2) is 41.7 Å². The molecule has 1 N–H and O–H groups in total. The number of rotatable bonds is 6. The first kappa shape index (κ1) is 14.7. The summed E-state index contributed by atoms with van der Waals surface area (Å²) in [5, 5.41) is 9.61. The highest BCUT2D eigenvalue weighted by atomic mass is 16.5. The lowest BCUT2D eigenvalue weighted by molar-refractivity contribution is -0.137. The highest BCUT2D eigenvalue weighted by Gasteiger charge is 2.19. The molecular formula is C14H21NO3. The molecule has 0 aliphatic heterocycles. The van der Waals surface area contributed by atoms with Crippen LogP contribution in [0.3, 0.4) is 0 Å². The molecule has 4 heteroatoms. The lowest BCUT2D eigenvalue weighted by Crippen LogP contribution is -2.41. The molecule has 0 fully saturated rings. The number of aliphatic hydroxyl groups is 1. The van der Waals surface area contributed by atoms with Crippen molar-refractivity contribution >= 4 is 5.91 Å². The van der Waals surface area contributed by atoms with Crippen molar-refractivity contribution in [3.63, 3.8) is 0 Å². The minimum atomic E-state index is -0.885.